The van der Waals surface area contributed by atoms with Gasteiger partial charge in [0.25, 0.3) is 0 Å². The number of carbonyl (C=O) groups is 1. The van der Waals surface area contributed by atoms with E-state index in [-0.39, 0.29) is 11.3 Å². The van der Waals surface area contributed by atoms with E-state index < -0.39 is 11.4 Å². The fraction of sp³-hybridized carbons (Fsp3) is 0.588. The van der Waals surface area contributed by atoms with Crippen LogP contribution in [-0.4, -0.2) is 16.2 Å². The number of benzene rings is 1. The first kappa shape index (κ1) is 13.5. The first-order valence-electron chi connectivity index (χ1n) is 7.44. The van der Waals surface area contributed by atoms with E-state index in [4.69, 9.17) is 0 Å². The predicted molar refractivity (Wildman–Crippen MR) is 76.9 cm³/mol. The molecule has 0 heterocycles. The van der Waals surface area contributed by atoms with Crippen LogP contribution in [0.4, 0.5) is 0 Å². The van der Waals surface area contributed by atoms with Gasteiger partial charge in [-0.3, -0.25) is 4.79 Å². The molecular formula is C17H22O3. The quantitative estimate of drug-likeness (QED) is 0.824. The number of fused-ring (bicyclic) bond motifs is 3. The lowest BCUT2D eigenvalue weighted by Crippen LogP contribution is -2.52. The molecule has 1 aromatic rings. The van der Waals surface area contributed by atoms with E-state index in [0.717, 1.165) is 32.1 Å². The highest BCUT2D eigenvalue weighted by Crippen LogP contribution is 2.57. The number of aryl methyl sites for hydroxylation is 1. The number of aromatic hydroxyl groups is 1. The number of hydrogen-bond acceptors (Lipinski definition) is 2. The molecular weight excluding hydrogens is 252 g/mol. The second kappa shape index (κ2) is 4.24. The molecule has 0 radical (unpaired) electrons. The molecule has 108 valence electrons. The minimum Gasteiger partial charge on any atom is -0.508 e. The average Bonchev–Trinajstić information content (AvgIpc) is 2.37. The molecule has 1 fully saturated rings. The molecule has 0 saturated heterocycles. The van der Waals surface area contributed by atoms with Crippen molar-refractivity contribution < 1.29 is 15.0 Å². The van der Waals surface area contributed by atoms with Crippen molar-refractivity contribution in [2.45, 2.75) is 51.4 Å². The molecule has 0 aromatic heterocycles. The second-order valence-electron chi connectivity index (χ2n) is 6.93. The summed E-state index contributed by atoms with van der Waals surface area (Å²) in [6.07, 6.45) is 4.53. The Labute approximate surface area is 119 Å². The first-order valence-corrected chi connectivity index (χ1v) is 7.44. The summed E-state index contributed by atoms with van der Waals surface area (Å²) < 4.78 is 0. The zero-order valence-corrected chi connectivity index (χ0v) is 12.1. The van der Waals surface area contributed by atoms with E-state index in [0.29, 0.717) is 5.75 Å². The van der Waals surface area contributed by atoms with Crippen molar-refractivity contribution in [2.24, 2.45) is 11.3 Å². The van der Waals surface area contributed by atoms with Gasteiger partial charge < -0.3 is 10.2 Å². The third-order valence-corrected chi connectivity index (χ3v) is 5.83. The van der Waals surface area contributed by atoms with Crippen LogP contribution in [0.3, 0.4) is 0 Å². The Morgan fingerprint density at radius 1 is 1.30 bits per heavy atom. The molecule has 1 saturated carbocycles. The molecule has 0 aliphatic heterocycles. The molecule has 0 amide bonds. The Bertz CT molecular complexity index is 565. The Morgan fingerprint density at radius 3 is 2.75 bits per heavy atom. The van der Waals surface area contributed by atoms with Crippen molar-refractivity contribution in [3.8, 4) is 5.75 Å². The number of hydrogen-bond donors (Lipinski definition) is 2. The van der Waals surface area contributed by atoms with Crippen LogP contribution in [0.2, 0.25) is 0 Å². The number of carboxylic acids is 1. The van der Waals surface area contributed by atoms with Gasteiger partial charge in [-0.1, -0.05) is 19.4 Å². The number of aliphatic carboxylic acids is 1. The van der Waals surface area contributed by atoms with Gasteiger partial charge in [-0.25, -0.2) is 0 Å². The molecule has 3 nitrogen and oxygen atoms in total. The van der Waals surface area contributed by atoms with Gasteiger partial charge in [0.2, 0.25) is 0 Å². The summed E-state index contributed by atoms with van der Waals surface area (Å²) >= 11 is 0. The molecule has 2 N–H and O–H groups in total. The van der Waals surface area contributed by atoms with E-state index in [2.05, 4.69) is 6.92 Å². The molecule has 0 spiro atoms. The maximum absolute atomic E-state index is 11.8. The van der Waals surface area contributed by atoms with Gasteiger partial charge in [0.1, 0.15) is 5.75 Å². The molecule has 1 aromatic carbocycles. The van der Waals surface area contributed by atoms with Crippen molar-refractivity contribution in [1.29, 1.82) is 0 Å². The summed E-state index contributed by atoms with van der Waals surface area (Å²) in [6.45, 7) is 4.13. The topological polar surface area (TPSA) is 57.5 Å². The maximum Gasteiger partial charge on any atom is 0.309 e. The molecule has 2 aliphatic carbocycles. The van der Waals surface area contributed by atoms with Gasteiger partial charge in [0.05, 0.1) is 5.41 Å². The van der Waals surface area contributed by atoms with Crippen molar-refractivity contribution >= 4 is 5.97 Å². The zero-order valence-electron chi connectivity index (χ0n) is 12.1. The Morgan fingerprint density at radius 2 is 2.05 bits per heavy atom. The van der Waals surface area contributed by atoms with Crippen LogP contribution in [-0.2, 0) is 16.6 Å². The normalized spacial score (nSPS) is 36.0. The minimum absolute atomic E-state index is 0.0767. The van der Waals surface area contributed by atoms with Crippen LogP contribution < -0.4 is 0 Å². The monoisotopic (exact) mass is 274 g/mol. The Balaban J connectivity index is 2.12. The summed E-state index contributed by atoms with van der Waals surface area (Å²) in [6, 6.07) is 5.59. The maximum atomic E-state index is 11.8. The van der Waals surface area contributed by atoms with E-state index in [1.165, 1.54) is 11.1 Å². The summed E-state index contributed by atoms with van der Waals surface area (Å²) in [5, 5.41) is 19.4. The first-order chi connectivity index (χ1) is 9.38. The summed E-state index contributed by atoms with van der Waals surface area (Å²) in [5.74, 6) is -0.170. The highest BCUT2D eigenvalue weighted by Gasteiger charge is 2.55. The van der Waals surface area contributed by atoms with Crippen LogP contribution in [0.15, 0.2) is 18.2 Å². The molecule has 2 aliphatic rings. The highest BCUT2D eigenvalue weighted by atomic mass is 16.4. The van der Waals surface area contributed by atoms with E-state index in [1.54, 1.807) is 6.07 Å². The fourth-order valence-corrected chi connectivity index (χ4v) is 4.73. The third-order valence-electron chi connectivity index (χ3n) is 5.83. The van der Waals surface area contributed by atoms with Crippen molar-refractivity contribution in [1.82, 2.24) is 0 Å². The minimum atomic E-state index is -0.657. The zero-order chi connectivity index (χ0) is 14.5. The predicted octanol–water partition coefficient (Wildman–Crippen LogP) is 3.49. The average molecular weight is 274 g/mol. The van der Waals surface area contributed by atoms with Gasteiger partial charge in [0, 0.05) is 0 Å². The van der Waals surface area contributed by atoms with Crippen molar-refractivity contribution in [2.75, 3.05) is 0 Å². The number of carboxylic acid groups (broad SMARTS) is 1. The number of rotatable bonds is 1. The van der Waals surface area contributed by atoms with Crippen LogP contribution in [0.1, 0.15) is 50.7 Å². The number of phenolic OH excluding ortho intramolecular Hbond substituents is 1. The standard InChI is InChI=1S/C17H22O3/c1-16-8-3-9-17(2,15(19)20)14(16)7-4-11-10-12(18)5-6-13(11)16/h5-6,10,14,18H,3-4,7-9H2,1-2H3,(H,19,20)/t14?,16-,17-/m1/s1. The van der Waals surface area contributed by atoms with Crippen LogP contribution in [0, 0.1) is 11.3 Å². The van der Waals surface area contributed by atoms with Gasteiger partial charge in [-0.2, -0.15) is 0 Å². The van der Waals surface area contributed by atoms with Crippen LogP contribution >= 0.6 is 0 Å². The highest BCUT2D eigenvalue weighted by molar-refractivity contribution is 5.75. The van der Waals surface area contributed by atoms with E-state index in [1.807, 2.05) is 19.1 Å². The molecule has 0 bridgehead atoms. The summed E-state index contributed by atoms with van der Waals surface area (Å²) in [5.41, 5.74) is 1.74. The number of phenols is 1. The summed E-state index contributed by atoms with van der Waals surface area (Å²) in [7, 11) is 0. The Hall–Kier alpha value is -1.51. The molecule has 3 heteroatoms. The lowest BCUT2D eigenvalue weighted by atomic mass is 9.50. The smallest absolute Gasteiger partial charge is 0.309 e. The summed E-state index contributed by atoms with van der Waals surface area (Å²) in [4.78, 5) is 11.8. The SMILES string of the molecule is C[C@@]1(C(=O)O)CCC[C@]2(C)c3ccc(O)cc3CCC12. The lowest BCUT2D eigenvalue weighted by Gasteiger charge is -2.53. The van der Waals surface area contributed by atoms with Crippen LogP contribution in [0.5, 0.6) is 5.75 Å². The molecule has 20 heavy (non-hydrogen) atoms. The fourth-order valence-electron chi connectivity index (χ4n) is 4.73. The molecule has 3 atom stereocenters. The van der Waals surface area contributed by atoms with Crippen molar-refractivity contribution in [3.05, 3.63) is 29.3 Å². The van der Waals surface area contributed by atoms with Crippen molar-refractivity contribution in [3.63, 3.8) is 0 Å². The van der Waals surface area contributed by atoms with E-state index in [9.17, 15) is 15.0 Å². The van der Waals surface area contributed by atoms with Gasteiger partial charge in [0.15, 0.2) is 0 Å². The second-order valence-corrected chi connectivity index (χ2v) is 6.93. The largest absolute Gasteiger partial charge is 0.508 e. The van der Waals surface area contributed by atoms with E-state index >= 15 is 0 Å². The molecule has 3 rings (SSSR count). The van der Waals surface area contributed by atoms with Crippen LogP contribution in [0.25, 0.3) is 0 Å². The Kier molecular flexibility index (Phi) is 2.86. The van der Waals surface area contributed by atoms with Gasteiger partial charge >= 0.3 is 5.97 Å². The molecule has 1 unspecified atom stereocenters. The van der Waals surface area contributed by atoms with Gasteiger partial charge in [-0.15, -0.1) is 0 Å². The third kappa shape index (κ3) is 1.68. The van der Waals surface area contributed by atoms with Gasteiger partial charge in [-0.05, 0) is 67.2 Å². The lowest BCUT2D eigenvalue weighted by molar-refractivity contribution is -0.157.